The van der Waals surface area contributed by atoms with Gasteiger partial charge < -0.3 is 19.7 Å². The Morgan fingerprint density at radius 1 is 1.09 bits per heavy atom. The van der Waals surface area contributed by atoms with Crippen molar-refractivity contribution < 1.29 is 9.59 Å². The summed E-state index contributed by atoms with van der Waals surface area (Å²) in [6.07, 6.45) is 11.5. The predicted molar refractivity (Wildman–Crippen MR) is 139 cm³/mol. The number of carbonyl (C=O) groups is 2. The second-order valence-corrected chi connectivity index (χ2v) is 11.9. The molecule has 2 fully saturated rings. The number of amides is 2. The largest absolute Gasteiger partial charge is 0.351 e. The molecule has 2 aromatic rings. The zero-order valence-electron chi connectivity index (χ0n) is 20.9. The van der Waals surface area contributed by atoms with Gasteiger partial charge in [0.15, 0.2) is 0 Å². The van der Waals surface area contributed by atoms with E-state index in [9.17, 15) is 9.59 Å². The van der Waals surface area contributed by atoms with Gasteiger partial charge in [-0.25, -0.2) is 0 Å². The predicted octanol–water partition coefficient (Wildman–Crippen LogP) is 4.80. The molecular formula is C27H40N4O2S. The molecule has 1 atom stereocenters. The van der Waals surface area contributed by atoms with Crippen molar-refractivity contribution in [1.29, 1.82) is 0 Å². The third-order valence-electron chi connectivity index (χ3n) is 8.25. The number of nitrogens with one attached hydrogen (secondary N) is 1. The second kappa shape index (κ2) is 10.0. The molecule has 1 aliphatic carbocycles. The highest BCUT2D eigenvalue weighted by atomic mass is 32.1. The summed E-state index contributed by atoms with van der Waals surface area (Å²) >= 11 is 1.77. The van der Waals surface area contributed by atoms with Gasteiger partial charge in [0.1, 0.15) is 11.2 Å². The fraction of sp³-hybridized carbons (Fsp3) is 0.704. The van der Waals surface area contributed by atoms with Crippen LogP contribution in [0.15, 0.2) is 12.1 Å². The minimum Gasteiger partial charge on any atom is -0.351 e. The van der Waals surface area contributed by atoms with Gasteiger partial charge in [0.2, 0.25) is 5.91 Å². The number of hydrogen-bond acceptors (Lipinski definition) is 4. The Bertz CT molecular complexity index is 1030. The fourth-order valence-electron chi connectivity index (χ4n) is 6.14. The highest BCUT2D eigenvalue weighted by Gasteiger charge is 2.48. The van der Waals surface area contributed by atoms with Gasteiger partial charge in [-0.1, -0.05) is 32.6 Å². The van der Waals surface area contributed by atoms with Crippen molar-refractivity contribution in [3.8, 4) is 0 Å². The average Bonchev–Trinajstić information content (AvgIpc) is 3.41. The SMILES string of the molecule is CCc1cc2c(cc3n2C[C@](C)(C(=O)NC2CCCCC2)N(CCCN2CCCCC2)C3=O)s1. The molecule has 0 aromatic carbocycles. The van der Waals surface area contributed by atoms with Gasteiger partial charge >= 0.3 is 0 Å². The first kappa shape index (κ1) is 23.9. The lowest BCUT2D eigenvalue weighted by molar-refractivity contribution is -0.133. The topological polar surface area (TPSA) is 57.6 Å². The van der Waals surface area contributed by atoms with E-state index in [2.05, 4.69) is 33.8 Å². The number of likely N-dealkylation sites (tertiary alicyclic amines) is 1. The quantitative estimate of drug-likeness (QED) is 0.614. The summed E-state index contributed by atoms with van der Waals surface area (Å²) in [7, 11) is 0. The maximum Gasteiger partial charge on any atom is 0.271 e. The standard InChI is InChI=1S/C27H40N4O2S/c1-3-21-17-22-24(34-21)18-23-25(32)31(16-10-15-29-13-8-5-9-14-29)27(2,19-30(22)23)26(33)28-20-11-6-4-7-12-20/h17-18,20H,3-16,19H2,1-2H3,(H,28,33)/t27-/m1/s1. The first-order valence-corrected chi connectivity index (χ1v) is 14.3. The van der Waals surface area contributed by atoms with Gasteiger partial charge in [0, 0.05) is 17.5 Å². The molecule has 4 heterocycles. The summed E-state index contributed by atoms with van der Waals surface area (Å²) in [5, 5.41) is 3.35. The molecule has 6 nitrogen and oxygen atoms in total. The molecule has 0 bridgehead atoms. The van der Waals surface area contributed by atoms with Crippen LogP contribution in [-0.2, 0) is 17.8 Å². The van der Waals surface area contributed by atoms with Crippen LogP contribution < -0.4 is 5.32 Å². The Kier molecular flexibility index (Phi) is 7.03. The van der Waals surface area contributed by atoms with Crippen molar-refractivity contribution in [2.75, 3.05) is 26.2 Å². The number of rotatable bonds is 7. The van der Waals surface area contributed by atoms with Crippen LogP contribution in [0.3, 0.4) is 0 Å². The minimum atomic E-state index is -0.871. The molecule has 2 amide bonds. The number of hydrogen-bond donors (Lipinski definition) is 1. The Morgan fingerprint density at radius 3 is 2.56 bits per heavy atom. The molecule has 0 radical (unpaired) electrons. The van der Waals surface area contributed by atoms with E-state index < -0.39 is 5.54 Å². The number of carbonyl (C=O) groups excluding carboxylic acids is 2. The monoisotopic (exact) mass is 484 g/mol. The third kappa shape index (κ3) is 4.53. The fourth-order valence-corrected chi connectivity index (χ4v) is 7.18. The smallest absolute Gasteiger partial charge is 0.271 e. The lowest BCUT2D eigenvalue weighted by Gasteiger charge is -2.45. The highest BCUT2D eigenvalue weighted by molar-refractivity contribution is 7.19. The molecule has 7 heteroatoms. The van der Waals surface area contributed by atoms with E-state index in [0.717, 1.165) is 61.2 Å². The molecule has 5 rings (SSSR count). The number of aromatic nitrogens is 1. The first-order valence-electron chi connectivity index (χ1n) is 13.5. The molecule has 1 saturated heterocycles. The summed E-state index contributed by atoms with van der Waals surface area (Å²) in [5.41, 5.74) is 0.976. The molecule has 1 N–H and O–H groups in total. The van der Waals surface area contributed by atoms with Crippen LogP contribution in [0.5, 0.6) is 0 Å². The van der Waals surface area contributed by atoms with Crippen molar-refractivity contribution in [1.82, 2.24) is 19.7 Å². The van der Waals surface area contributed by atoms with E-state index in [1.165, 1.54) is 43.4 Å². The summed E-state index contributed by atoms with van der Waals surface area (Å²) in [6, 6.07) is 4.50. The molecule has 2 aromatic heterocycles. The van der Waals surface area contributed by atoms with Gasteiger partial charge in [0.25, 0.3) is 5.91 Å². The van der Waals surface area contributed by atoms with Crippen LogP contribution in [0.2, 0.25) is 0 Å². The zero-order valence-corrected chi connectivity index (χ0v) is 21.7. The lowest BCUT2D eigenvalue weighted by Crippen LogP contribution is -2.65. The van der Waals surface area contributed by atoms with Crippen molar-refractivity contribution >= 4 is 33.4 Å². The van der Waals surface area contributed by atoms with Crippen LogP contribution in [0, 0.1) is 0 Å². The molecule has 2 aliphatic heterocycles. The minimum absolute atomic E-state index is 0.00707. The summed E-state index contributed by atoms with van der Waals surface area (Å²) < 4.78 is 3.28. The number of piperidine rings is 1. The van der Waals surface area contributed by atoms with E-state index in [0.29, 0.717) is 13.1 Å². The van der Waals surface area contributed by atoms with Crippen LogP contribution >= 0.6 is 11.3 Å². The van der Waals surface area contributed by atoms with Gasteiger partial charge in [-0.15, -0.1) is 11.3 Å². The average molecular weight is 485 g/mol. The van der Waals surface area contributed by atoms with Crippen molar-refractivity contribution in [2.24, 2.45) is 0 Å². The van der Waals surface area contributed by atoms with Crippen molar-refractivity contribution in [3.05, 3.63) is 22.7 Å². The Balaban J connectivity index is 1.40. The number of nitrogens with zero attached hydrogens (tertiary/aromatic N) is 3. The molecule has 186 valence electrons. The highest BCUT2D eigenvalue weighted by Crippen LogP contribution is 2.36. The Hall–Kier alpha value is -1.86. The second-order valence-electron chi connectivity index (χ2n) is 10.7. The molecule has 34 heavy (non-hydrogen) atoms. The van der Waals surface area contributed by atoms with E-state index >= 15 is 0 Å². The summed E-state index contributed by atoms with van der Waals surface area (Å²) in [4.78, 5) is 33.4. The molecule has 1 saturated carbocycles. The maximum atomic E-state index is 13.8. The maximum absolute atomic E-state index is 13.8. The Labute approximate surface area is 207 Å². The molecule has 3 aliphatic rings. The molecular weight excluding hydrogens is 444 g/mol. The van der Waals surface area contributed by atoms with E-state index in [-0.39, 0.29) is 17.9 Å². The zero-order chi connectivity index (χ0) is 23.7. The van der Waals surface area contributed by atoms with E-state index in [4.69, 9.17) is 0 Å². The molecule has 0 spiro atoms. The number of aryl methyl sites for hydroxylation is 1. The number of thiophene rings is 1. The van der Waals surface area contributed by atoms with Crippen LogP contribution in [0.4, 0.5) is 0 Å². The summed E-state index contributed by atoms with van der Waals surface area (Å²) in [5.74, 6) is 0.0248. The van der Waals surface area contributed by atoms with E-state index in [1.807, 2.05) is 11.8 Å². The third-order valence-corrected chi connectivity index (χ3v) is 9.46. The molecule has 0 unspecified atom stereocenters. The first-order chi connectivity index (χ1) is 16.5. The normalized spacial score (nSPS) is 24.5. The van der Waals surface area contributed by atoms with Gasteiger partial charge in [-0.2, -0.15) is 0 Å². The van der Waals surface area contributed by atoms with Crippen LogP contribution in [0.25, 0.3) is 10.2 Å². The van der Waals surface area contributed by atoms with Crippen molar-refractivity contribution in [2.45, 2.75) is 96.2 Å². The van der Waals surface area contributed by atoms with Gasteiger partial charge in [-0.3, -0.25) is 9.59 Å². The lowest BCUT2D eigenvalue weighted by atomic mass is 9.91. The van der Waals surface area contributed by atoms with Crippen molar-refractivity contribution in [3.63, 3.8) is 0 Å². The Morgan fingerprint density at radius 2 is 1.82 bits per heavy atom. The van der Waals surface area contributed by atoms with Gasteiger partial charge in [0.05, 0.1) is 16.8 Å². The van der Waals surface area contributed by atoms with Crippen LogP contribution in [-0.4, -0.2) is 63.9 Å². The van der Waals surface area contributed by atoms with Crippen LogP contribution in [0.1, 0.15) is 87.0 Å². The van der Waals surface area contributed by atoms with Gasteiger partial charge in [-0.05, 0) is 77.2 Å². The summed E-state index contributed by atoms with van der Waals surface area (Å²) in [6.45, 7) is 8.63. The number of fused-ring (bicyclic) bond motifs is 3. The van der Waals surface area contributed by atoms with E-state index in [1.54, 1.807) is 11.3 Å².